The van der Waals surface area contributed by atoms with E-state index in [1.165, 1.54) is 0 Å². The van der Waals surface area contributed by atoms with Crippen molar-refractivity contribution in [1.29, 1.82) is 0 Å². The second-order valence-corrected chi connectivity index (χ2v) is 7.11. The summed E-state index contributed by atoms with van der Waals surface area (Å²) < 4.78 is 5.27. The van der Waals surface area contributed by atoms with Crippen molar-refractivity contribution >= 4 is 17.8 Å². The van der Waals surface area contributed by atoms with Gasteiger partial charge < -0.3 is 15.4 Å². The molecule has 1 saturated carbocycles. The Morgan fingerprint density at radius 1 is 1.36 bits per heavy atom. The van der Waals surface area contributed by atoms with Gasteiger partial charge in [0.05, 0.1) is 12.1 Å². The molecule has 1 fully saturated rings. The Kier molecular flexibility index (Phi) is 6.57. The summed E-state index contributed by atoms with van der Waals surface area (Å²) in [5, 5.41) is 12.9. The van der Waals surface area contributed by atoms with Crippen molar-refractivity contribution in [3.05, 3.63) is 36.0 Å². The van der Waals surface area contributed by atoms with E-state index in [-0.39, 0.29) is 36.5 Å². The van der Waals surface area contributed by atoms with Gasteiger partial charge in [0.1, 0.15) is 6.10 Å². The van der Waals surface area contributed by atoms with E-state index in [1.807, 2.05) is 19.9 Å². The summed E-state index contributed by atoms with van der Waals surface area (Å²) in [7, 11) is 0. The first-order valence-corrected chi connectivity index (χ1v) is 9.60. The molecule has 0 aliphatic heterocycles. The van der Waals surface area contributed by atoms with Gasteiger partial charge >= 0.3 is 6.09 Å². The van der Waals surface area contributed by atoms with Crippen molar-refractivity contribution in [2.45, 2.75) is 64.0 Å². The molecular weight excluding hydrogens is 360 g/mol. The molecule has 0 saturated heterocycles. The molecule has 150 valence electrons. The van der Waals surface area contributed by atoms with Crippen molar-refractivity contribution in [2.24, 2.45) is 0 Å². The van der Waals surface area contributed by atoms with E-state index in [4.69, 9.17) is 4.74 Å². The maximum Gasteiger partial charge on any atom is 0.407 e. The van der Waals surface area contributed by atoms with E-state index in [0.717, 1.165) is 31.4 Å². The van der Waals surface area contributed by atoms with Crippen LogP contribution in [0.3, 0.4) is 0 Å². The minimum absolute atomic E-state index is 0.0829. The van der Waals surface area contributed by atoms with Gasteiger partial charge in [0.2, 0.25) is 5.91 Å². The highest BCUT2D eigenvalue weighted by atomic mass is 16.6. The average molecular weight is 386 g/mol. The zero-order valence-corrected chi connectivity index (χ0v) is 16.1. The lowest BCUT2D eigenvalue weighted by atomic mass is 10.0. The van der Waals surface area contributed by atoms with Crippen LogP contribution < -0.4 is 10.6 Å². The third kappa shape index (κ3) is 5.51. The van der Waals surface area contributed by atoms with Crippen LogP contribution >= 0.6 is 0 Å². The molecule has 2 amide bonds. The first-order valence-electron chi connectivity index (χ1n) is 9.60. The fraction of sp³-hybridized carbons (Fsp3) is 0.526. The molecule has 0 radical (unpaired) electrons. The second-order valence-electron chi connectivity index (χ2n) is 7.11. The molecule has 3 N–H and O–H groups in total. The van der Waals surface area contributed by atoms with E-state index in [2.05, 4.69) is 30.8 Å². The number of alkyl carbamates (subject to hydrolysis) is 1. The molecule has 3 rings (SSSR count). The molecule has 0 aromatic carbocycles. The Labute approximate surface area is 163 Å². The Bertz CT molecular complexity index is 794. The van der Waals surface area contributed by atoms with Gasteiger partial charge in [0.25, 0.3) is 0 Å². The lowest BCUT2D eigenvalue weighted by Gasteiger charge is -2.16. The lowest BCUT2D eigenvalue weighted by Crippen LogP contribution is -2.35. The molecule has 1 aliphatic rings. The third-order valence-electron chi connectivity index (χ3n) is 4.90. The van der Waals surface area contributed by atoms with Crippen LogP contribution in [0, 0.1) is 0 Å². The van der Waals surface area contributed by atoms with Crippen molar-refractivity contribution < 1.29 is 14.3 Å². The van der Waals surface area contributed by atoms with Gasteiger partial charge in [0, 0.05) is 42.3 Å². The number of nitrogens with one attached hydrogen (secondary N) is 3. The summed E-state index contributed by atoms with van der Waals surface area (Å²) in [5.74, 6) is 0.542. The van der Waals surface area contributed by atoms with Crippen LogP contribution in [0.2, 0.25) is 0 Å². The Morgan fingerprint density at radius 2 is 2.21 bits per heavy atom. The highest BCUT2D eigenvalue weighted by molar-refractivity contribution is 5.91. The van der Waals surface area contributed by atoms with Crippen molar-refractivity contribution in [2.75, 3.05) is 5.32 Å². The number of ether oxygens (including phenoxy) is 1. The minimum Gasteiger partial charge on any atom is -0.447 e. The SMILES string of the molecule is CCC(C)OC(=O)NC1CCC(c2cc(NC(=O)Cc3cnccn3)n[nH]2)C1. The standard InChI is InChI=1S/C19H26N6O3/c1-3-12(2)28-19(27)22-14-5-4-13(8-14)16-10-17(25-24-16)23-18(26)9-15-11-20-6-7-21-15/h6-7,10-14H,3-5,8-9H2,1-2H3,(H,22,27)(H2,23,24,25,26). The number of hydrogen-bond donors (Lipinski definition) is 3. The molecule has 28 heavy (non-hydrogen) atoms. The largest absolute Gasteiger partial charge is 0.447 e. The summed E-state index contributed by atoms with van der Waals surface area (Å²) in [6.07, 6.45) is 7.80. The maximum absolute atomic E-state index is 12.1. The summed E-state index contributed by atoms with van der Waals surface area (Å²) in [4.78, 5) is 32.0. The van der Waals surface area contributed by atoms with Gasteiger partial charge in [-0.25, -0.2) is 4.79 Å². The predicted molar refractivity (Wildman–Crippen MR) is 103 cm³/mol. The number of nitrogens with zero attached hydrogens (tertiary/aromatic N) is 3. The summed E-state index contributed by atoms with van der Waals surface area (Å²) in [5.41, 5.74) is 1.55. The minimum atomic E-state index is -0.360. The fourth-order valence-electron chi connectivity index (χ4n) is 3.24. The molecule has 1 aliphatic carbocycles. The predicted octanol–water partition coefficient (Wildman–Crippen LogP) is 2.54. The van der Waals surface area contributed by atoms with Gasteiger partial charge in [-0.15, -0.1) is 0 Å². The molecular formula is C19H26N6O3. The number of aromatic nitrogens is 4. The van der Waals surface area contributed by atoms with Gasteiger partial charge in [-0.2, -0.15) is 5.10 Å². The average Bonchev–Trinajstić information content (AvgIpc) is 3.31. The van der Waals surface area contributed by atoms with Gasteiger partial charge in [-0.1, -0.05) is 6.92 Å². The highest BCUT2D eigenvalue weighted by Crippen LogP contribution is 2.34. The molecule has 3 atom stereocenters. The molecule has 2 aromatic rings. The molecule has 2 heterocycles. The zero-order chi connectivity index (χ0) is 19.9. The number of rotatable bonds is 7. The Balaban J connectivity index is 1.47. The van der Waals surface area contributed by atoms with E-state index < -0.39 is 0 Å². The van der Waals surface area contributed by atoms with Crippen molar-refractivity contribution in [1.82, 2.24) is 25.5 Å². The number of aromatic amines is 1. The number of carbonyl (C=O) groups excluding carboxylic acids is 2. The molecule has 0 spiro atoms. The van der Waals surface area contributed by atoms with Crippen LogP contribution in [-0.2, 0) is 16.0 Å². The van der Waals surface area contributed by atoms with Crippen LogP contribution in [0.25, 0.3) is 0 Å². The van der Waals surface area contributed by atoms with E-state index in [0.29, 0.717) is 11.5 Å². The fourth-order valence-corrected chi connectivity index (χ4v) is 3.24. The maximum atomic E-state index is 12.1. The molecule has 0 bridgehead atoms. The smallest absolute Gasteiger partial charge is 0.407 e. The zero-order valence-electron chi connectivity index (χ0n) is 16.1. The van der Waals surface area contributed by atoms with E-state index >= 15 is 0 Å². The quantitative estimate of drug-likeness (QED) is 0.672. The molecule has 2 aromatic heterocycles. The van der Waals surface area contributed by atoms with Crippen LogP contribution in [0.5, 0.6) is 0 Å². The number of anilines is 1. The number of amides is 2. The van der Waals surface area contributed by atoms with Gasteiger partial charge in [-0.05, 0) is 32.6 Å². The normalized spacial score (nSPS) is 19.8. The Morgan fingerprint density at radius 3 is 2.96 bits per heavy atom. The topological polar surface area (TPSA) is 122 Å². The van der Waals surface area contributed by atoms with Crippen LogP contribution in [0.15, 0.2) is 24.7 Å². The van der Waals surface area contributed by atoms with E-state index in [9.17, 15) is 9.59 Å². The molecule has 9 heteroatoms. The first-order chi connectivity index (χ1) is 13.5. The second kappa shape index (κ2) is 9.29. The highest BCUT2D eigenvalue weighted by Gasteiger charge is 2.29. The monoisotopic (exact) mass is 386 g/mol. The summed E-state index contributed by atoms with van der Waals surface area (Å²) >= 11 is 0. The Hall–Kier alpha value is -2.97. The van der Waals surface area contributed by atoms with Crippen LogP contribution in [0.4, 0.5) is 10.6 Å². The summed E-state index contributed by atoms with van der Waals surface area (Å²) in [6.45, 7) is 3.85. The van der Waals surface area contributed by atoms with E-state index in [1.54, 1.807) is 18.6 Å². The van der Waals surface area contributed by atoms with Crippen LogP contribution in [0.1, 0.15) is 56.8 Å². The van der Waals surface area contributed by atoms with Gasteiger partial charge in [0.15, 0.2) is 5.82 Å². The molecule has 9 nitrogen and oxygen atoms in total. The number of H-pyrrole nitrogens is 1. The first kappa shape index (κ1) is 19.8. The van der Waals surface area contributed by atoms with Crippen LogP contribution in [-0.4, -0.2) is 44.3 Å². The van der Waals surface area contributed by atoms with Crippen molar-refractivity contribution in [3.63, 3.8) is 0 Å². The number of carbonyl (C=O) groups is 2. The summed E-state index contributed by atoms with van der Waals surface area (Å²) in [6, 6.07) is 1.93. The number of hydrogen-bond acceptors (Lipinski definition) is 6. The molecule has 3 unspecified atom stereocenters. The van der Waals surface area contributed by atoms with Crippen molar-refractivity contribution in [3.8, 4) is 0 Å². The van der Waals surface area contributed by atoms with Gasteiger partial charge in [-0.3, -0.25) is 19.9 Å². The lowest BCUT2D eigenvalue weighted by molar-refractivity contribution is -0.115. The third-order valence-corrected chi connectivity index (χ3v) is 4.90.